The Morgan fingerprint density at radius 2 is 2.24 bits per heavy atom. The predicted octanol–water partition coefficient (Wildman–Crippen LogP) is 1.11. The van der Waals surface area contributed by atoms with Crippen LogP contribution in [0.25, 0.3) is 0 Å². The number of nitrogens with zero attached hydrogens (tertiary/aromatic N) is 2. The zero-order valence-electron chi connectivity index (χ0n) is 9.69. The number of likely N-dealkylation sites (N-methyl/N-ethyl adjacent to an activating group) is 1. The maximum absolute atomic E-state index is 11.5. The Balaban J connectivity index is 2.26. The standard InChI is InChI=1S/C11H16IN3O2/c1-15(7-4-2-3-5-8(7)16)10-9(12)11(17)14-6-13-10/h6-8,16H,2-5H2,1H3,(H,13,14,17). The van der Waals surface area contributed by atoms with E-state index in [-0.39, 0.29) is 17.7 Å². The highest BCUT2D eigenvalue weighted by molar-refractivity contribution is 14.1. The van der Waals surface area contributed by atoms with Gasteiger partial charge in [-0.15, -0.1) is 0 Å². The van der Waals surface area contributed by atoms with Gasteiger partial charge in [0.05, 0.1) is 18.5 Å². The van der Waals surface area contributed by atoms with Crippen LogP contribution >= 0.6 is 22.6 Å². The summed E-state index contributed by atoms with van der Waals surface area (Å²) < 4.78 is 0.574. The van der Waals surface area contributed by atoms with Crippen LogP contribution in [0.5, 0.6) is 0 Å². The smallest absolute Gasteiger partial charge is 0.266 e. The molecule has 6 heteroatoms. The van der Waals surface area contributed by atoms with E-state index >= 15 is 0 Å². The lowest BCUT2D eigenvalue weighted by Crippen LogP contribution is -2.44. The van der Waals surface area contributed by atoms with E-state index in [0.717, 1.165) is 25.7 Å². The molecule has 2 rings (SSSR count). The maximum Gasteiger partial charge on any atom is 0.266 e. The van der Waals surface area contributed by atoms with E-state index in [1.54, 1.807) is 0 Å². The summed E-state index contributed by atoms with van der Waals surface area (Å²) in [5.41, 5.74) is -0.132. The van der Waals surface area contributed by atoms with Crippen molar-refractivity contribution in [2.45, 2.75) is 37.8 Å². The van der Waals surface area contributed by atoms with Crippen LogP contribution in [0.3, 0.4) is 0 Å². The fraction of sp³-hybridized carbons (Fsp3) is 0.636. The maximum atomic E-state index is 11.5. The van der Waals surface area contributed by atoms with Gasteiger partial charge in [-0.1, -0.05) is 12.8 Å². The lowest BCUT2D eigenvalue weighted by molar-refractivity contribution is 0.106. The van der Waals surface area contributed by atoms with E-state index in [4.69, 9.17) is 0 Å². The molecule has 1 fully saturated rings. The van der Waals surface area contributed by atoms with E-state index in [1.165, 1.54) is 6.33 Å². The number of rotatable bonds is 2. The molecule has 1 aromatic heterocycles. The number of aliphatic hydroxyl groups excluding tert-OH is 1. The Labute approximate surface area is 113 Å². The van der Waals surface area contributed by atoms with Gasteiger partial charge in [0.2, 0.25) is 0 Å². The van der Waals surface area contributed by atoms with Gasteiger partial charge in [-0.2, -0.15) is 0 Å². The summed E-state index contributed by atoms with van der Waals surface area (Å²) in [6.07, 6.45) is 5.05. The monoisotopic (exact) mass is 349 g/mol. The van der Waals surface area contributed by atoms with Crippen molar-refractivity contribution in [2.75, 3.05) is 11.9 Å². The Morgan fingerprint density at radius 3 is 2.94 bits per heavy atom. The highest BCUT2D eigenvalue weighted by atomic mass is 127. The summed E-state index contributed by atoms with van der Waals surface area (Å²) in [6.45, 7) is 0. The third-order valence-electron chi connectivity index (χ3n) is 3.30. The van der Waals surface area contributed by atoms with Crippen molar-refractivity contribution < 1.29 is 5.11 Å². The van der Waals surface area contributed by atoms with Crippen LogP contribution in [-0.2, 0) is 0 Å². The van der Waals surface area contributed by atoms with Crippen LogP contribution in [0, 0.1) is 3.57 Å². The van der Waals surface area contributed by atoms with Crippen LogP contribution in [0.4, 0.5) is 5.82 Å². The summed E-state index contributed by atoms with van der Waals surface area (Å²) in [4.78, 5) is 20.2. The second kappa shape index (κ2) is 5.34. The lowest BCUT2D eigenvalue weighted by atomic mass is 9.91. The number of anilines is 1. The van der Waals surface area contributed by atoms with Crippen molar-refractivity contribution in [3.63, 3.8) is 0 Å². The third-order valence-corrected chi connectivity index (χ3v) is 4.28. The minimum atomic E-state index is -0.328. The number of halogens is 1. The molecule has 1 saturated carbocycles. The molecular formula is C11H16IN3O2. The molecule has 2 unspecified atom stereocenters. The number of nitrogens with one attached hydrogen (secondary N) is 1. The predicted molar refractivity (Wildman–Crippen MR) is 74.2 cm³/mol. The third kappa shape index (κ3) is 2.62. The second-order valence-corrected chi connectivity index (χ2v) is 5.48. The topological polar surface area (TPSA) is 69.2 Å². The first-order chi connectivity index (χ1) is 8.11. The molecule has 0 bridgehead atoms. The van der Waals surface area contributed by atoms with E-state index in [9.17, 15) is 9.90 Å². The number of hydrogen-bond donors (Lipinski definition) is 2. The van der Waals surface area contributed by atoms with Gasteiger partial charge in [0.15, 0.2) is 0 Å². The van der Waals surface area contributed by atoms with Crippen LogP contribution in [0.15, 0.2) is 11.1 Å². The van der Waals surface area contributed by atoms with Crippen molar-refractivity contribution in [3.8, 4) is 0 Å². The molecule has 0 aromatic carbocycles. The minimum Gasteiger partial charge on any atom is -0.391 e. The van der Waals surface area contributed by atoms with Crippen LogP contribution < -0.4 is 10.5 Å². The first kappa shape index (κ1) is 12.8. The van der Waals surface area contributed by atoms with Gasteiger partial charge in [0.25, 0.3) is 5.56 Å². The second-order valence-electron chi connectivity index (χ2n) is 4.40. The highest BCUT2D eigenvalue weighted by Crippen LogP contribution is 2.26. The van der Waals surface area contributed by atoms with E-state index in [1.807, 2.05) is 34.5 Å². The van der Waals surface area contributed by atoms with Gasteiger partial charge in [-0.05, 0) is 35.4 Å². The van der Waals surface area contributed by atoms with E-state index in [2.05, 4.69) is 9.97 Å². The Morgan fingerprint density at radius 1 is 1.53 bits per heavy atom. The molecule has 1 heterocycles. The van der Waals surface area contributed by atoms with Crippen molar-refractivity contribution in [1.82, 2.24) is 9.97 Å². The fourth-order valence-corrected chi connectivity index (χ4v) is 3.00. The molecule has 2 atom stereocenters. The summed E-state index contributed by atoms with van der Waals surface area (Å²) in [5, 5.41) is 10.0. The summed E-state index contributed by atoms with van der Waals surface area (Å²) >= 11 is 1.99. The Bertz CT molecular complexity index is 449. The van der Waals surface area contributed by atoms with Gasteiger partial charge in [0.1, 0.15) is 9.39 Å². The number of aromatic nitrogens is 2. The average Bonchev–Trinajstić information content (AvgIpc) is 2.32. The average molecular weight is 349 g/mol. The molecule has 17 heavy (non-hydrogen) atoms. The molecule has 94 valence electrons. The highest BCUT2D eigenvalue weighted by Gasteiger charge is 2.28. The van der Waals surface area contributed by atoms with Gasteiger partial charge in [-0.25, -0.2) is 4.98 Å². The van der Waals surface area contributed by atoms with Gasteiger partial charge >= 0.3 is 0 Å². The van der Waals surface area contributed by atoms with E-state index in [0.29, 0.717) is 9.39 Å². The van der Waals surface area contributed by atoms with Crippen molar-refractivity contribution >= 4 is 28.4 Å². The minimum absolute atomic E-state index is 0.0616. The zero-order valence-corrected chi connectivity index (χ0v) is 11.8. The molecule has 1 aliphatic rings. The molecular weight excluding hydrogens is 333 g/mol. The molecule has 0 saturated heterocycles. The normalized spacial score (nSPS) is 24.6. The SMILES string of the molecule is CN(c1nc[nH]c(=O)c1I)C1CCCCC1O. The summed E-state index contributed by atoms with van der Waals surface area (Å²) in [5.74, 6) is 0.653. The lowest BCUT2D eigenvalue weighted by Gasteiger charge is -2.36. The Hall–Kier alpha value is -0.630. The molecule has 1 aromatic rings. The molecule has 2 N–H and O–H groups in total. The number of aromatic amines is 1. The molecule has 0 amide bonds. The quantitative estimate of drug-likeness (QED) is 0.785. The van der Waals surface area contributed by atoms with Crippen molar-refractivity contribution in [3.05, 3.63) is 20.3 Å². The molecule has 0 radical (unpaired) electrons. The largest absolute Gasteiger partial charge is 0.391 e. The summed E-state index contributed by atoms with van der Waals surface area (Å²) in [6, 6.07) is 0.0616. The first-order valence-electron chi connectivity index (χ1n) is 5.75. The van der Waals surface area contributed by atoms with Crippen LogP contribution in [0.2, 0.25) is 0 Å². The molecule has 5 nitrogen and oxygen atoms in total. The molecule has 0 spiro atoms. The fourth-order valence-electron chi connectivity index (χ4n) is 2.32. The van der Waals surface area contributed by atoms with E-state index < -0.39 is 0 Å². The van der Waals surface area contributed by atoms with Gasteiger partial charge in [-0.3, -0.25) is 4.79 Å². The molecule has 0 aliphatic heterocycles. The zero-order chi connectivity index (χ0) is 12.4. The first-order valence-corrected chi connectivity index (χ1v) is 6.83. The van der Waals surface area contributed by atoms with Gasteiger partial charge in [0, 0.05) is 7.05 Å². The number of H-pyrrole nitrogens is 1. The summed E-state index contributed by atoms with van der Waals surface area (Å²) in [7, 11) is 1.89. The number of hydrogen-bond acceptors (Lipinski definition) is 4. The van der Waals surface area contributed by atoms with Gasteiger partial charge < -0.3 is 15.0 Å². The Kier molecular flexibility index (Phi) is 4.03. The van der Waals surface area contributed by atoms with Crippen molar-refractivity contribution in [2.24, 2.45) is 0 Å². The van der Waals surface area contributed by atoms with Crippen LogP contribution in [-0.4, -0.2) is 34.3 Å². The van der Waals surface area contributed by atoms with Crippen LogP contribution in [0.1, 0.15) is 25.7 Å². The van der Waals surface area contributed by atoms with Crippen molar-refractivity contribution in [1.29, 1.82) is 0 Å². The number of aliphatic hydroxyl groups is 1. The molecule has 1 aliphatic carbocycles.